The Bertz CT molecular complexity index is 993. The average molecular weight is 435 g/mol. The van der Waals surface area contributed by atoms with Crippen molar-refractivity contribution in [3.63, 3.8) is 0 Å². The van der Waals surface area contributed by atoms with Crippen LogP contribution in [0, 0.1) is 0 Å². The number of benzene rings is 2. The normalized spacial score (nSPS) is 20.3. The molecule has 172 valence electrons. The molecule has 1 fully saturated rings. The highest BCUT2D eigenvalue weighted by Gasteiger charge is 2.26. The Hall–Kier alpha value is -2.62. The minimum atomic E-state index is -0.163. The van der Waals surface area contributed by atoms with Gasteiger partial charge in [0.25, 0.3) is 0 Å². The third kappa shape index (κ3) is 5.79. The third-order valence-corrected chi connectivity index (χ3v) is 6.25. The second-order valence-electron chi connectivity index (χ2n) is 11.0. The van der Waals surface area contributed by atoms with Crippen molar-refractivity contribution in [2.24, 2.45) is 9.98 Å². The monoisotopic (exact) mass is 434 g/mol. The molecule has 0 aliphatic heterocycles. The second kappa shape index (κ2) is 9.48. The summed E-state index contributed by atoms with van der Waals surface area (Å²) in [6.45, 7) is 13.0. The largest absolute Gasteiger partial charge is 0.507 e. The van der Waals surface area contributed by atoms with Gasteiger partial charge in [0.05, 0.1) is 12.1 Å². The molecular weight excluding hydrogens is 396 g/mol. The minimum Gasteiger partial charge on any atom is -0.507 e. The number of hydrogen-bond acceptors (Lipinski definition) is 4. The molecule has 4 nitrogen and oxygen atoms in total. The number of nitrogens with zero attached hydrogens (tertiary/aromatic N) is 2. The quantitative estimate of drug-likeness (QED) is 0.536. The molecule has 1 aliphatic carbocycles. The average Bonchev–Trinajstić information content (AvgIpc) is 2.71. The van der Waals surface area contributed by atoms with Gasteiger partial charge in [0.15, 0.2) is 0 Å². The zero-order chi connectivity index (χ0) is 23.5. The van der Waals surface area contributed by atoms with Gasteiger partial charge in [-0.15, -0.1) is 0 Å². The van der Waals surface area contributed by atoms with Gasteiger partial charge >= 0.3 is 0 Å². The molecule has 0 spiro atoms. The summed E-state index contributed by atoms with van der Waals surface area (Å²) in [7, 11) is 0. The van der Waals surface area contributed by atoms with Crippen LogP contribution in [0.2, 0.25) is 0 Å². The van der Waals surface area contributed by atoms with Crippen molar-refractivity contribution in [3.05, 3.63) is 58.7 Å². The number of aliphatic imine (C=N–C) groups is 2. The number of aromatic hydroxyl groups is 2. The molecule has 2 aromatic carbocycles. The van der Waals surface area contributed by atoms with Crippen LogP contribution < -0.4 is 0 Å². The van der Waals surface area contributed by atoms with E-state index in [2.05, 4.69) is 53.7 Å². The van der Waals surface area contributed by atoms with Crippen LogP contribution in [0.15, 0.2) is 46.4 Å². The Morgan fingerprint density at radius 3 is 1.88 bits per heavy atom. The molecular formula is C28H38N2O2. The van der Waals surface area contributed by atoms with Gasteiger partial charge in [-0.2, -0.15) is 0 Å². The summed E-state index contributed by atoms with van der Waals surface area (Å²) in [6, 6.07) is 11.6. The van der Waals surface area contributed by atoms with Crippen LogP contribution in [0.3, 0.4) is 0 Å². The van der Waals surface area contributed by atoms with Crippen LogP contribution in [0.25, 0.3) is 0 Å². The molecule has 2 aromatic rings. The summed E-state index contributed by atoms with van der Waals surface area (Å²) >= 11 is 0. The molecule has 0 aromatic heterocycles. The number of phenols is 2. The molecule has 3 rings (SSSR count). The van der Waals surface area contributed by atoms with Crippen LogP contribution >= 0.6 is 0 Å². The first-order valence-corrected chi connectivity index (χ1v) is 11.7. The highest BCUT2D eigenvalue weighted by atomic mass is 16.3. The summed E-state index contributed by atoms with van der Waals surface area (Å²) < 4.78 is 0. The second-order valence-corrected chi connectivity index (χ2v) is 11.0. The number of hydrogen-bond donors (Lipinski definition) is 2. The maximum atomic E-state index is 11.0. The molecule has 4 heteroatoms. The zero-order valence-corrected chi connectivity index (χ0v) is 20.4. The first-order valence-electron chi connectivity index (χ1n) is 11.7. The highest BCUT2D eigenvalue weighted by molar-refractivity contribution is 5.85. The summed E-state index contributed by atoms with van der Waals surface area (Å²) in [5.41, 5.74) is 3.46. The van der Waals surface area contributed by atoms with Gasteiger partial charge in [-0.25, -0.2) is 0 Å². The Balaban J connectivity index is 1.91. The van der Waals surface area contributed by atoms with Crippen molar-refractivity contribution in [2.45, 2.75) is 90.1 Å². The van der Waals surface area contributed by atoms with E-state index in [9.17, 15) is 10.2 Å². The smallest absolute Gasteiger partial charge is 0.128 e. The fourth-order valence-corrected chi connectivity index (χ4v) is 4.15. The van der Waals surface area contributed by atoms with Gasteiger partial charge in [0.2, 0.25) is 0 Å². The van der Waals surface area contributed by atoms with Crippen molar-refractivity contribution < 1.29 is 10.2 Å². The molecule has 1 aliphatic rings. The lowest BCUT2D eigenvalue weighted by atomic mass is 9.79. The van der Waals surface area contributed by atoms with E-state index in [0.29, 0.717) is 5.75 Å². The van der Waals surface area contributed by atoms with E-state index in [-0.39, 0.29) is 28.7 Å². The Kier molecular flexibility index (Phi) is 7.12. The van der Waals surface area contributed by atoms with Crippen LogP contribution in [-0.2, 0) is 10.8 Å². The van der Waals surface area contributed by atoms with E-state index in [1.165, 1.54) is 5.56 Å². The SMILES string of the molecule is CC(C)(C)c1cc(C=NC2CCCCC2N=Cc2ccccc2O)c(O)c(C(C)(C)C)c1. The Labute approximate surface area is 193 Å². The summed E-state index contributed by atoms with van der Waals surface area (Å²) in [5.74, 6) is 0.560. The molecule has 0 radical (unpaired) electrons. The van der Waals surface area contributed by atoms with Crippen molar-refractivity contribution in [1.29, 1.82) is 0 Å². The number of phenolic OH excluding ortho intramolecular Hbond substituents is 2. The molecule has 0 bridgehead atoms. The number of rotatable bonds is 4. The lowest BCUT2D eigenvalue weighted by Crippen LogP contribution is -2.27. The minimum absolute atomic E-state index is 0.0222. The lowest BCUT2D eigenvalue weighted by Gasteiger charge is -2.27. The molecule has 0 heterocycles. The van der Waals surface area contributed by atoms with Crippen LogP contribution in [-0.4, -0.2) is 34.7 Å². The van der Waals surface area contributed by atoms with Gasteiger partial charge in [0, 0.05) is 29.1 Å². The Morgan fingerprint density at radius 1 is 0.781 bits per heavy atom. The van der Waals surface area contributed by atoms with Crippen molar-refractivity contribution >= 4 is 12.4 Å². The van der Waals surface area contributed by atoms with Crippen LogP contribution in [0.4, 0.5) is 0 Å². The maximum absolute atomic E-state index is 11.0. The van der Waals surface area contributed by atoms with Crippen molar-refractivity contribution in [1.82, 2.24) is 0 Å². The highest BCUT2D eigenvalue weighted by Crippen LogP contribution is 2.37. The first-order chi connectivity index (χ1) is 15.0. The van der Waals surface area contributed by atoms with E-state index >= 15 is 0 Å². The van der Waals surface area contributed by atoms with E-state index in [1.54, 1.807) is 12.3 Å². The van der Waals surface area contributed by atoms with Crippen molar-refractivity contribution in [2.75, 3.05) is 0 Å². The summed E-state index contributed by atoms with van der Waals surface area (Å²) in [5, 5.41) is 21.1. The molecule has 2 unspecified atom stereocenters. The van der Waals surface area contributed by atoms with Crippen molar-refractivity contribution in [3.8, 4) is 11.5 Å². The standard InChI is InChI=1S/C28H38N2O2/c1-27(2,3)21-15-20(26(32)22(16-21)28(4,5)6)18-30-24-13-9-8-12-23(24)29-17-19-11-7-10-14-25(19)31/h7,10-11,14-18,23-24,31-32H,8-9,12-13H2,1-6H3. The third-order valence-electron chi connectivity index (χ3n) is 6.25. The first kappa shape index (κ1) is 24.0. The van der Waals surface area contributed by atoms with E-state index < -0.39 is 0 Å². The van der Waals surface area contributed by atoms with Gasteiger partial charge < -0.3 is 10.2 Å². The van der Waals surface area contributed by atoms with Gasteiger partial charge in [-0.3, -0.25) is 9.98 Å². The molecule has 0 amide bonds. The van der Waals surface area contributed by atoms with E-state index in [4.69, 9.17) is 9.98 Å². The maximum Gasteiger partial charge on any atom is 0.128 e. The predicted octanol–water partition coefficient (Wildman–Crippen LogP) is 6.54. The zero-order valence-electron chi connectivity index (χ0n) is 20.4. The van der Waals surface area contributed by atoms with E-state index in [0.717, 1.165) is 42.4 Å². The van der Waals surface area contributed by atoms with Gasteiger partial charge in [-0.05, 0) is 47.4 Å². The number of para-hydroxylation sites is 1. The van der Waals surface area contributed by atoms with Crippen LogP contribution in [0.5, 0.6) is 11.5 Å². The van der Waals surface area contributed by atoms with Gasteiger partial charge in [0.1, 0.15) is 11.5 Å². The Morgan fingerprint density at radius 2 is 1.34 bits per heavy atom. The molecule has 0 saturated heterocycles. The van der Waals surface area contributed by atoms with E-state index in [1.807, 2.05) is 24.4 Å². The fraction of sp³-hybridized carbons (Fsp3) is 0.500. The molecule has 2 atom stereocenters. The summed E-state index contributed by atoms with van der Waals surface area (Å²) in [6.07, 6.45) is 7.83. The lowest BCUT2D eigenvalue weighted by molar-refractivity contribution is 0.390. The van der Waals surface area contributed by atoms with Gasteiger partial charge in [-0.1, -0.05) is 72.6 Å². The summed E-state index contributed by atoms with van der Waals surface area (Å²) in [4.78, 5) is 9.70. The fourth-order valence-electron chi connectivity index (χ4n) is 4.15. The molecule has 1 saturated carbocycles. The topological polar surface area (TPSA) is 65.2 Å². The predicted molar refractivity (Wildman–Crippen MR) is 135 cm³/mol. The molecule has 32 heavy (non-hydrogen) atoms. The van der Waals surface area contributed by atoms with Crippen LogP contribution in [0.1, 0.15) is 89.5 Å². The molecule has 2 N–H and O–H groups in total.